The molecule has 0 aromatic rings. The van der Waals surface area contributed by atoms with E-state index in [2.05, 4.69) is 33.0 Å². The van der Waals surface area contributed by atoms with Crippen molar-refractivity contribution in [1.29, 1.82) is 0 Å². The molecule has 0 bridgehead atoms. The van der Waals surface area contributed by atoms with Crippen LogP contribution in [0, 0.1) is 17.3 Å². The van der Waals surface area contributed by atoms with Gasteiger partial charge >= 0.3 is 0 Å². The average Bonchev–Trinajstić information content (AvgIpc) is 2.09. The van der Waals surface area contributed by atoms with Gasteiger partial charge in [0.15, 0.2) is 0 Å². The van der Waals surface area contributed by atoms with Gasteiger partial charge in [-0.3, -0.25) is 0 Å². The van der Waals surface area contributed by atoms with Gasteiger partial charge in [-0.25, -0.2) is 0 Å². The summed E-state index contributed by atoms with van der Waals surface area (Å²) in [6.07, 6.45) is 1.06. The fourth-order valence-electron chi connectivity index (χ4n) is 2.79. The van der Waals surface area contributed by atoms with Crippen molar-refractivity contribution in [2.24, 2.45) is 17.3 Å². The van der Waals surface area contributed by atoms with Crippen LogP contribution in [0.1, 0.15) is 41.0 Å². The Balaban J connectivity index is 2.97. The molecular formula is C12H25NO. The first-order chi connectivity index (χ1) is 6.24. The van der Waals surface area contributed by atoms with Crippen molar-refractivity contribution in [3.8, 4) is 0 Å². The molecule has 2 N–H and O–H groups in total. The molecule has 1 saturated carbocycles. The molecule has 2 nitrogen and oxygen atoms in total. The highest BCUT2D eigenvalue weighted by Gasteiger charge is 2.51. The lowest BCUT2D eigenvalue weighted by Crippen LogP contribution is -2.61. The number of hydrogen-bond donors (Lipinski definition) is 2. The standard InChI is InChI=1S/C12H25NO/c1-8-7-10(13-6)12(5,14)9(2)11(8,3)4/h8-10,13-14H,7H2,1-6H3/t8-,9-,10+,12-/m0/s1. The van der Waals surface area contributed by atoms with E-state index < -0.39 is 5.60 Å². The summed E-state index contributed by atoms with van der Waals surface area (Å²) in [5.74, 6) is 0.964. The SMILES string of the molecule is CN[C@@H]1C[C@H](C)C(C)(C)[C@H](C)[C@]1(C)O. The van der Waals surface area contributed by atoms with E-state index in [-0.39, 0.29) is 11.5 Å². The smallest absolute Gasteiger partial charge is 0.0802 e. The van der Waals surface area contributed by atoms with Crippen molar-refractivity contribution in [3.05, 3.63) is 0 Å². The minimum atomic E-state index is -0.592. The highest BCUT2D eigenvalue weighted by atomic mass is 16.3. The number of rotatable bonds is 1. The number of nitrogens with one attached hydrogen (secondary N) is 1. The zero-order valence-corrected chi connectivity index (χ0v) is 10.4. The molecule has 0 saturated heterocycles. The molecule has 0 aliphatic heterocycles. The van der Waals surface area contributed by atoms with Crippen LogP contribution in [0.25, 0.3) is 0 Å². The molecule has 84 valence electrons. The lowest BCUT2D eigenvalue weighted by atomic mass is 9.56. The number of hydrogen-bond acceptors (Lipinski definition) is 2. The number of aliphatic hydroxyl groups is 1. The average molecular weight is 199 g/mol. The molecule has 0 aromatic heterocycles. The Morgan fingerprint density at radius 2 is 1.71 bits per heavy atom. The van der Waals surface area contributed by atoms with E-state index in [1.165, 1.54) is 0 Å². The van der Waals surface area contributed by atoms with E-state index in [9.17, 15) is 5.11 Å². The van der Waals surface area contributed by atoms with E-state index in [0.29, 0.717) is 11.8 Å². The normalized spacial score (nSPS) is 47.8. The molecule has 1 aliphatic carbocycles. The zero-order chi connectivity index (χ0) is 11.1. The van der Waals surface area contributed by atoms with Crippen molar-refractivity contribution in [3.63, 3.8) is 0 Å². The largest absolute Gasteiger partial charge is 0.388 e. The van der Waals surface area contributed by atoms with Crippen LogP contribution in [0.2, 0.25) is 0 Å². The van der Waals surface area contributed by atoms with E-state index in [0.717, 1.165) is 6.42 Å². The van der Waals surface area contributed by atoms with Gasteiger partial charge in [-0.15, -0.1) is 0 Å². The summed E-state index contributed by atoms with van der Waals surface area (Å²) >= 11 is 0. The van der Waals surface area contributed by atoms with Crippen LogP contribution in [0.5, 0.6) is 0 Å². The molecule has 0 radical (unpaired) electrons. The van der Waals surface area contributed by atoms with E-state index in [1.807, 2.05) is 14.0 Å². The summed E-state index contributed by atoms with van der Waals surface area (Å²) in [5.41, 5.74) is -0.373. The molecule has 0 spiro atoms. The van der Waals surface area contributed by atoms with Gasteiger partial charge in [0, 0.05) is 6.04 Å². The molecule has 2 heteroatoms. The molecule has 1 fully saturated rings. The summed E-state index contributed by atoms with van der Waals surface area (Å²) in [6, 6.07) is 0.223. The molecule has 1 aliphatic rings. The van der Waals surface area contributed by atoms with E-state index >= 15 is 0 Å². The fraction of sp³-hybridized carbons (Fsp3) is 1.00. The van der Waals surface area contributed by atoms with Gasteiger partial charge in [0.1, 0.15) is 0 Å². The quantitative estimate of drug-likeness (QED) is 0.677. The van der Waals surface area contributed by atoms with Gasteiger partial charge in [-0.2, -0.15) is 0 Å². The predicted molar refractivity (Wildman–Crippen MR) is 60.2 cm³/mol. The molecule has 0 unspecified atom stereocenters. The maximum atomic E-state index is 10.5. The minimum Gasteiger partial charge on any atom is -0.388 e. The summed E-state index contributed by atoms with van der Waals surface area (Å²) in [6.45, 7) is 11.0. The van der Waals surface area contributed by atoms with E-state index in [1.54, 1.807) is 0 Å². The van der Waals surface area contributed by atoms with Gasteiger partial charge in [0.2, 0.25) is 0 Å². The first kappa shape index (κ1) is 12.0. The Morgan fingerprint density at radius 1 is 1.21 bits per heavy atom. The second-order valence-corrected chi connectivity index (χ2v) is 5.75. The van der Waals surface area contributed by atoms with Crippen LogP contribution in [-0.2, 0) is 0 Å². The van der Waals surface area contributed by atoms with Crippen LogP contribution in [-0.4, -0.2) is 23.8 Å². The minimum absolute atomic E-state index is 0.219. The van der Waals surface area contributed by atoms with E-state index in [4.69, 9.17) is 0 Å². The second-order valence-electron chi connectivity index (χ2n) is 5.75. The van der Waals surface area contributed by atoms with Gasteiger partial charge in [-0.1, -0.05) is 27.7 Å². The van der Waals surface area contributed by atoms with Crippen molar-refractivity contribution in [2.45, 2.75) is 52.7 Å². The Morgan fingerprint density at radius 3 is 2.14 bits per heavy atom. The fourth-order valence-corrected chi connectivity index (χ4v) is 2.79. The molecule has 0 amide bonds. The number of likely N-dealkylation sites (N-methyl/N-ethyl adjacent to an activating group) is 1. The second kappa shape index (κ2) is 3.49. The third-order valence-corrected chi connectivity index (χ3v) is 4.91. The summed E-state index contributed by atoms with van der Waals surface area (Å²) < 4.78 is 0. The van der Waals surface area contributed by atoms with Crippen molar-refractivity contribution in [1.82, 2.24) is 5.32 Å². The lowest BCUT2D eigenvalue weighted by molar-refractivity contribution is -0.124. The molecular weight excluding hydrogens is 174 g/mol. The Kier molecular flexibility index (Phi) is 2.99. The lowest BCUT2D eigenvalue weighted by Gasteiger charge is -2.54. The van der Waals surface area contributed by atoms with Gasteiger partial charge < -0.3 is 10.4 Å². The first-order valence-electron chi connectivity index (χ1n) is 5.64. The Labute approximate surface area is 88.1 Å². The summed E-state index contributed by atoms with van der Waals surface area (Å²) in [7, 11) is 1.94. The third kappa shape index (κ3) is 1.59. The van der Waals surface area contributed by atoms with Crippen LogP contribution in [0.4, 0.5) is 0 Å². The highest BCUT2D eigenvalue weighted by Crippen LogP contribution is 2.49. The van der Waals surface area contributed by atoms with Crippen molar-refractivity contribution < 1.29 is 5.11 Å². The maximum absolute atomic E-state index is 10.5. The third-order valence-electron chi connectivity index (χ3n) is 4.91. The summed E-state index contributed by atoms with van der Waals surface area (Å²) in [5, 5.41) is 13.7. The van der Waals surface area contributed by atoms with Crippen LogP contribution < -0.4 is 5.32 Å². The molecule has 0 heterocycles. The highest BCUT2D eigenvalue weighted by molar-refractivity contribution is 5.04. The van der Waals surface area contributed by atoms with Gasteiger partial charge in [0.05, 0.1) is 5.60 Å². The Bertz CT molecular complexity index is 210. The first-order valence-corrected chi connectivity index (χ1v) is 5.64. The summed E-state index contributed by atoms with van der Waals surface area (Å²) in [4.78, 5) is 0. The molecule has 0 aromatic carbocycles. The topological polar surface area (TPSA) is 32.3 Å². The molecule has 14 heavy (non-hydrogen) atoms. The van der Waals surface area contributed by atoms with Gasteiger partial charge in [-0.05, 0) is 37.6 Å². The zero-order valence-electron chi connectivity index (χ0n) is 10.4. The van der Waals surface area contributed by atoms with Crippen LogP contribution >= 0.6 is 0 Å². The van der Waals surface area contributed by atoms with Crippen molar-refractivity contribution in [2.75, 3.05) is 7.05 Å². The molecule has 4 atom stereocenters. The predicted octanol–water partition coefficient (Wildman–Crippen LogP) is 2.03. The monoisotopic (exact) mass is 199 g/mol. The van der Waals surface area contributed by atoms with Gasteiger partial charge in [0.25, 0.3) is 0 Å². The molecule has 1 rings (SSSR count). The maximum Gasteiger partial charge on any atom is 0.0802 e. The van der Waals surface area contributed by atoms with Crippen LogP contribution in [0.15, 0.2) is 0 Å². The van der Waals surface area contributed by atoms with Crippen LogP contribution in [0.3, 0.4) is 0 Å². The Hall–Kier alpha value is -0.0800. The van der Waals surface area contributed by atoms with Crippen molar-refractivity contribution >= 4 is 0 Å².